The minimum atomic E-state index is -0.239. The van der Waals surface area contributed by atoms with Crippen LogP contribution in [0, 0.1) is 12.7 Å². The Morgan fingerprint density at radius 3 is 2.66 bits per heavy atom. The Bertz CT molecular complexity index is 1170. The lowest BCUT2D eigenvalue weighted by Gasteiger charge is -2.36. The van der Waals surface area contributed by atoms with Gasteiger partial charge in [0.25, 0.3) is 0 Å². The molecule has 0 radical (unpaired) electrons. The Labute approximate surface area is 187 Å². The third-order valence-electron chi connectivity index (χ3n) is 6.06. The Balaban J connectivity index is 1.48. The van der Waals surface area contributed by atoms with E-state index in [1.165, 1.54) is 12.4 Å². The van der Waals surface area contributed by atoms with Gasteiger partial charge in [-0.2, -0.15) is 9.78 Å². The van der Waals surface area contributed by atoms with Crippen LogP contribution in [-0.4, -0.2) is 49.9 Å². The number of hydrogen-bond acceptors (Lipinski definition) is 6. The van der Waals surface area contributed by atoms with Gasteiger partial charge in [0.05, 0.1) is 24.3 Å². The van der Waals surface area contributed by atoms with Crippen LogP contribution >= 0.6 is 0 Å². The second-order valence-corrected chi connectivity index (χ2v) is 8.73. The van der Waals surface area contributed by atoms with Crippen LogP contribution in [0.3, 0.4) is 0 Å². The van der Waals surface area contributed by atoms with Crippen LogP contribution in [0.2, 0.25) is 0 Å². The number of benzene rings is 1. The highest BCUT2D eigenvalue weighted by molar-refractivity contribution is 5.84. The Kier molecular flexibility index (Phi) is 5.27. The fourth-order valence-corrected chi connectivity index (χ4v) is 4.66. The number of ether oxygens (including phenoxy) is 1. The number of aryl methyl sites for hydroxylation is 1. The van der Waals surface area contributed by atoms with Crippen molar-refractivity contribution in [3.8, 4) is 11.4 Å². The highest BCUT2D eigenvalue weighted by Crippen LogP contribution is 2.38. The Morgan fingerprint density at radius 2 is 1.91 bits per heavy atom. The molecule has 7 nitrogen and oxygen atoms in total. The zero-order chi connectivity index (χ0) is 22.4. The van der Waals surface area contributed by atoms with E-state index in [-0.39, 0.29) is 18.0 Å². The molecule has 0 N–H and O–H groups in total. The first-order valence-corrected chi connectivity index (χ1v) is 10.9. The summed E-state index contributed by atoms with van der Waals surface area (Å²) in [5.41, 5.74) is 3.92. The first-order chi connectivity index (χ1) is 15.4. The predicted molar refractivity (Wildman–Crippen MR) is 121 cm³/mol. The van der Waals surface area contributed by atoms with Gasteiger partial charge in [0, 0.05) is 25.8 Å². The second-order valence-electron chi connectivity index (χ2n) is 8.73. The quantitative estimate of drug-likeness (QED) is 0.622. The molecule has 32 heavy (non-hydrogen) atoms. The van der Waals surface area contributed by atoms with Crippen molar-refractivity contribution in [2.75, 3.05) is 18.0 Å². The van der Waals surface area contributed by atoms with Gasteiger partial charge in [-0.25, -0.2) is 14.4 Å². The minimum absolute atomic E-state index is 0.213. The zero-order valence-electron chi connectivity index (χ0n) is 18.6. The SMILES string of the molecule is C=C1N(Cc2ccc(F)cc2C)c2ncc(CN3C[C@@H](C)O[C@@H](C)C3)cc2-c2ncnn21. The van der Waals surface area contributed by atoms with E-state index >= 15 is 0 Å². The van der Waals surface area contributed by atoms with E-state index in [0.717, 1.165) is 53.5 Å². The molecule has 2 aromatic heterocycles. The smallest absolute Gasteiger partial charge is 0.168 e. The van der Waals surface area contributed by atoms with Crippen LogP contribution in [0.4, 0.5) is 10.2 Å². The van der Waals surface area contributed by atoms with Crippen molar-refractivity contribution in [2.24, 2.45) is 0 Å². The van der Waals surface area contributed by atoms with Crippen molar-refractivity contribution in [2.45, 2.75) is 46.1 Å². The average molecular weight is 435 g/mol. The highest BCUT2D eigenvalue weighted by atomic mass is 19.1. The molecule has 0 bridgehead atoms. The Hall–Kier alpha value is -3.10. The van der Waals surface area contributed by atoms with Crippen molar-refractivity contribution >= 4 is 11.6 Å². The van der Waals surface area contributed by atoms with E-state index in [0.29, 0.717) is 12.4 Å². The van der Waals surface area contributed by atoms with Gasteiger partial charge in [0.2, 0.25) is 0 Å². The second kappa shape index (κ2) is 8.11. The first-order valence-electron chi connectivity index (χ1n) is 10.9. The van der Waals surface area contributed by atoms with E-state index in [1.807, 2.05) is 24.1 Å². The molecule has 3 aromatic rings. The summed E-state index contributed by atoms with van der Waals surface area (Å²) in [5, 5.41) is 4.38. The summed E-state index contributed by atoms with van der Waals surface area (Å²) in [4.78, 5) is 13.7. The molecule has 1 aromatic carbocycles. The number of aromatic nitrogens is 4. The fourth-order valence-electron chi connectivity index (χ4n) is 4.66. The monoisotopic (exact) mass is 434 g/mol. The molecule has 0 spiro atoms. The van der Waals surface area contributed by atoms with Crippen LogP contribution in [0.25, 0.3) is 17.2 Å². The van der Waals surface area contributed by atoms with Crippen LogP contribution in [0.1, 0.15) is 30.5 Å². The summed E-state index contributed by atoms with van der Waals surface area (Å²) < 4.78 is 21.2. The predicted octanol–water partition coefficient (Wildman–Crippen LogP) is 3.85. The molecule has 166 valence electrons. The molecule has 2 aliphatic heterocycles. The van der Waals surface area contributed by atoms with Gasteiger partial charge >= 0.3 is 0 Å². The first kappa shape index (κ1) is 20.8. The summed E-state index contributed by atoms with van der Waals surface area (Å²) >= 11 is 0. The van der Waals surface area contributed by atoms with E-state index in [9.17, 15) is 4.39 Å². The molecule has 5 rings (SSSR count). The van der Waals surface area contributed by atoms with Gasteiger partial charge in [-0.15, -0.1) is 0 Å². The largest absolute Gasteiger partial charge is 0.373 e. The van der Waals surface area contributed by atoms with Crippen molar-refractivity contribution in [3.63, 3.8) is 0 Å². The average Bonchev–Trinajstić information content (AvgIpc) is 3.22. The van der Waals surface area contributed by atoms with Gasteiger partial charge in [-0.05, 0) is 55.7 Å². The molecular weight excluding hydrogens is 407 g/mol. The maximum Gasteiger partial charge on any atom is 0.168 e. The molecule has 0 aliphatic carbocycles. The summed E-state index contributed by atoms with van der Waals surface area (Å²) in [6.07, 6.45) is 3.89. The standard InChI is InChI=1S/C24H27FN6O/c1-15-7-21(25)6-5-20(15)13-30-18(4)31-24(27-14-28-31)22-8-19(9-26-23(22)30)12-29-10-16(2)32-17(3)11-29/h5-9,14,16-17H,4,10-13H2,1-3H3/t16-,17+. The number of fused-ring (bicyclic) bond motifs is 3. The molecule has 8 heteroatoms. The number of rotatable bonds is 4. The number of morpholine rings is 1. The molecule has 2 aliphatic rings. The molecule has 2 atom stereocenters. The van der Waals surface area contributed by atoms with E-state index in [2.05, 4.69) is 41.5 Å². The van der Waals surface area contributed by atoms with Crippen molar-refractivity contribution in [1.29, 1.82) is 0 Å². The summed E-state index contributed by atoms with van der Waals surface area (Å²) in [5.74, 6) is 1.95. The number of halogens is 1. The fraction of sp³-hybridized carbons (Fsp3) is 0.375. The van der Waals surface area contributed by atoms with E-state index in [1.54, 1.807) is 10.7 Å². The van der Waals surface area contributed by atoms with Crippen LogP contribution < -0.4 is 4.90 Å². The van der Waals surface area contributed by atoms with Gasteiger partial charge in [0.1, 0.15) is 23.8 Å². The van der Waals surface area contributed by atoms with E-state index in [4.69, 9.17) is 9.72 Å². The molecule has 4 heterocycles. The topological polar surface area (TPSA) is 59.3 Å². The maximum absolute atomic E-state index is 13.6. The number of pyridine rings is 1. The van der Waals surface area contributed by atoms with Crippen LogP contribution in [-0.2, 0) is 17.8 Å². The third kappa shape index (κ3) is 3.80. The number of hydrogen-bond donors (Lipinski definition) is 0. The van der Waals surface area contributed by atoms with Gasteiger partial charge in [-0.1, -0.05) is 12.6 Å². The van der Waals surface area contributed by atoms with Crippen molar-refractivity contribution < 1.29 is 9.13 Å². The number of anilines is 1. The Morgan fingerprint density at radius 1 is 1.12 bits per heavy atom. The normalized spacial score (nSPS) is 20.9. The number of nitrogens with zero attached hydrogens (tertiary/aromatic N) is 6. The van der Waals surface area contributed by atoms with E-state index < -0.39 is 0 Å². The van der Waals surface area contributed by atoms with Crippen LogP contribution in [0.15, 0.2) is 43.4 Å². The molecule has 0 amide bonds. The molecule has 0 unspecified atom stereocenters. The molecule has 1 saturated heterocycles. The maximum atomic E-state index is 13.6. The minimum Gasteiger partial charge on any atom is -0.373 e. The molecule has 1 fully saturated rings. The van der Waals surface area contributed by atoms with Crippen molar-refractivity contribution in [1.82, 2.24) is 24.6 Å². The van der Waals surface area contributed by atoms with Crippen molar-refractivity contribution in [3.05, 3.63) is 65.9 Å². The van der Waals surface area contributed by atoms with Gasteiger partial charge in [0.15, 0.2) is 5.82 Å². The highest BCUT2D eigenvalue weighted by Gasteiger charge is 2.30. The lowest BCUT2D eigenvalue weighted by molar-refractivity contribution is -0.0705. The van der Waals surface area contributed by atoms with Crippen LogP contribution in [0.5, 0.6) is 0 Å². The third-order valence-corrected chi connectivity index (χ3v) is 6.06. The lowest BCUT2D eigenvalue weighted by atomic mass is 10.1. The van der Waals surface area contributed by atoms with Gasteiger partial charge in [-0.3, -0.25) is 4.90 Å². The lowest BCUT2D eigenvalue weighted by Crippen LogP contribution is -2.44. The zero-order valence-corrected chi connectivity index (χ0v) is 18.6. The summed E-state index contributed by atoms with van der Waals surface area (Å²) in [6, 6.07) is 6.98. The summed E-state index contributed by atoms with van der Waals surface area (Å²) in [7, 11) is 0. The molecular formula is C24H27FN6O. The summed E-state index contributed by atoms with van der Waals surface area (Å²) in [6.45, 7) is 13.5. The molecule has 0 saturated carbocycles. The van der Waals surface area contributed by atoms with Gasteiger partial charge < -0.3 is 9.64 Å².